The lowest BCUT2D eigenvalue weighted by molar-refractivity contribution is 0.628. The molecule has 0 aliphatic rings. The number of rotatable bonds is 2. The van der Waals surface area contributed by atoms with Crippen molar-refractivity contribution in [1.29, 1.82) is 0 Å². The van der Waals surface area contributed by atoms with Gasteiger partial charge < -0.3 is 17.2 Å². The van der Waals surface area contributed by atoms with Gasteiger partial charge in [-0.05, 0) is 35.4 Å². The normalized spacial score (nSPS) is 11.3. The zero-order chi connectivity index (χ0) is 16.3. The van der Waals surface area contributed by atoms with Gasteiger partial charge in [-0.3, -0.25) is 0 Å². The Hall–Kier alpha value is -2.38. The number of nitrogens with two attached hydrogens (primary N) is 3. The third-order valence-electron chi connectivity index (χ3n) is 2.70. The van der Waals surface area contributed by atoms with Crippen molar-refractivity contribution in [2.24, 2.45) is 27.2 Å². The van der Waals surface area contributed by atoms with Crippen LogP contribution in [0.3, 0.4) is 0 Å². The number of benzene rings is 2. The Morgan fingerprint density at radius 1 is 1.09 bits per heavy atom. The summed E-state index contributed by atoms with van der Waals surface area (Å²) in [7, 11) is 3.48. The highest BCUT2D eigenvalue weighted by Crippen LogP contribution is 2.29. The third kappa shape index (κ3) is 3.83. The Kier molecular flexibility index (Phi) is 4.79. The number of nitrogens with zero attached hydrogens (tertiary/aromatic N) is 2. The van der Waals surface area contributed by atoms with Gasteiger partial charge in [0.25, 0.3) is 0 Å². The zero-order valence-electron chi connectivity index (χ0n) is 11.3. The van der Waals surface area contributed by atoms with Crippen LogP contribution in [0.25, 0.3) is 11.1 Å². The predicted octanol–water partition coefficient (Wildman–Crippen LogP) is 1.16. The van der Waals surface area contributed by atoms with Crippen LogP contribution in [-0.4, -0.2) is 22.2 Å². The summed E-state index contributed by atoms with van der Waals surface area (Å²) in [5, 5.41) is 1.10. The van der Waals surface area contributed by atoms with E-state index in [1.54, 1.807) is 24.3 Å². The van der Waals surface area contributed by atoms with Crippen molar-refractivity contribution in [3.8, 4) is 11.1 Å². The molecule has 0 saturated heterocycles. The molecule has 3 radical (unpaired) electrons. The van der Waals surface area contributed by atoms with E-state index in [-0.39, 0.29) is 17.7 Å². The Balaban J connectivity index is 2.45. The molecule has 0 aromatic heterocycles. The smallest absolute Gasteiger partial charge is 0.223 e. The van der Waals surface area contributed by atoms with Gasteiger partial charge in [0.05, 0.1) is 21.0 Å². The second kappa shape index (κ2) is 6.59. The molecule has 2 aromatic rings. The van der Waals surface area contributed by atoms with Crippen molar-refractivity contribution in [1.82, 2.24) is 0 Å². The fourth-order valence-corrected chi connectivity index (χ4v) is 2.69. The first kappa shape index (κ1) is 16.0. The van der Waals surface area contributed by atoms with E-state index in [9.17, 15) is 4.39 Å². The summed E-state index contributed by atoms with van der Waals surface area (Å²) in [6.45, 7) is 0. The van der Waals surface area contributed by atoms with Crippen molar-refractivity contribution in [2.75, 3.05) is 0 Å². The first-order valence-electron chi connectivity index (χ1n) is 6.11. The quantitative estimate of drug-likeness (QED) is 0.437. The maximum Gasteiger partial charge on any atom is 0.223 e. The molecule has 0 saturated carbocycles. The Morgan fingerprint density at radius 3 is 2.27 bits per heavy atom. The van der Waals surface area contributed by atoms with Gasteiger partial charge in [0, 0.05) is 0 Å². The molecule has 0 amide bonds. The van der Waals surface area contributed by atoms with E-state index < -0.39 is 0 Å². The zero-order valence-corrected chi connectivity index (χ0v) is 13.1. The highest BCUT2D eigenvalue weighted by atomic mass is 35.5. The van der Waals surface area contributed by atoms with E-state index in [1.165, 1.54) is 12.1 Å². The number of hydrogen-bond acceptors (Lipinski definition) is 1. The van der Waals surface area contributed by atoms with Crippen molar-refractivity contribution < 1.29 is 4.39 Å². The Morgan fingerprint density at radius 2 is 1.73 bits per heavy atom. The van der Waals surface area contributed by atoms with E-state index in [0.29, 0.717) is 15.9 Å². The molecule has 111 valence electrons. The van der Waals surface area contributed by atoms with Crippen LogP contribution < -0.4 is 22.4 Å². The topological polar surface area (TPSA) is 103 Å². The summed E-state index contributed by atoms with van der Waals surface area (Å²) < 4.78 is 13.0. The predicted molar refractivity (Wildman–Crippen MR) is 89.3 cm³/mol. The molecular weight excluding hydrogens is 321 g/mol. The molecule has 5 nitrogen and oxygen atoms in total. The lowest BCUT2D eigenvalue weighted by Crippen LogP contribution is -2.26. The molecule has 22 heavy (non-hydrogen) atoms. The molecular formula is C14H12ClFN5Si. The van der Waals surface area contributed by atoms with E-state index in [2.05, 4.69) is 20.2 Å². The first-order valence-corrected chi connectivity index (χ1v) is 6.99. The molecule has 0 unspecified atom stereocenters. The van der Waals surface area contributed by atoms with Crippen LogP contribution in [0.15, 0.2) is 46.4 Å². The fraction of sp³-hybridized carbons (Fsp3) is 0. The summed E-state index contributed by atoms with van der Waals surface area (Å²) in [6.07, 6.45) is 0. The lowest BCUT2D eigenvalue weighted by Gasteiger charge is -2.10. The average molecular weight is 333 g/mol. The van der Waals surface area contributed by atoms with E-state index in [1.807, 2.05) is 0 Å². The third-order valence-corrected chi connectivity index (χ3v) is 3.39. The summed E-state index contributed by atoms with van der Waals surface area (Å²) in [6, 6.07) is 9.31. The average Bonchev–Trinajstić information content (AvgIpc) is 2.39. The van der Waals surface area contributed by atoms with Crippen molar-refractivity contribution >= 4 is 44.6 Å². The van der Waals surface area contributed by atoms with Gasteiger partial charge in [0.15, 0.2) is 5.96 Å². The molecule has 0 atom stereocenters. The summed E-state index contributed by atoms with van der Waals surface area (Å²) in [4.78, 5) is 7.66. The van der Waals surface area contributed by atoms with Crippen LogP contribution in [0.5, 0.6) is 0 Å². The van der Waals surface area contributed by atoms with Crippen LogP contribution in [-0.2, 0) is 0 Å². The van der Waals surface area contributed by atoms with Crippen LogP contribution in [0.2, 0.25) is 5.02 Å². The van der Waals surface area contributed by atoms with E-state index in [0.717, 1.165) is 11.1 Å². The minimum atomic E-state index is -0.318. The minimum absolute atomic E-state index is 0.0864. The molecule has 0 spiro atoms. The lowest BCUT2D eigenvalue weighted by atomic mass is 10.0. The number of guanidine groups is 2. The Bertz CT molecular complexity index is 731. The molecule has 0 heterocycles. The maximum atomic E-state index is 13.0. The van der Waals surface area contributed by atoms with Gasteiger partial charge >= 0.3 is 0 Å². The summed E-state index contributed by atoms with van der Waals surface area (Å²) >= 11 is 6.28. The van der Waals surface area contributed by atoms with Crippen LogP contribution in [0.4, 0.5) is 10.1 Å². The van der Waals surface area contributed by atoms with Crippen molar-refractivity contribution in [2.45, 2.75) is 0 Å². The van der Waals surface area contributed by atoms with E-state index in [4.69, 9.17) is 28.8 Å². The van der Waals surface area contributed by atoms with Gasteiger partial charge in [0.2, 0.25) is 5.96 Å². The van der Waals surface area contributed by atoms with Gasteiger partial charge in [-0.25, -0.2) is 9.38 Å². The van der Waals surface area contributed by atoms with Crippen LogP contribution in [0.1, 0.15) is 0 Å². The van der Waals surface area contributed by atoms with E-state index >= 15 is 0 Å². The molecule has 0 fully saturated rings. The molecule has 0 aliphatic carbocycles. The second-order valence-corrected chi connectivity index (χ2v) is 5.31. The highest BCUT2D eigenvalue weighted by Gasteiger charge is 2.09. The summed E-state index contributed by atoms with van der Waals surface area (Å²) in [5.41, 5.74) is 18.0. The monoisotopic (exact) mass is 332 g/mol. The standard InChI is InChI=1S/C14H12ClFN5Si/c15-10-5-9(20-14(19)21-13(17)18)6-11(22)12(10)7-1-3-8(16)4-2-7/h1-6H,(H6,17,18,19,20,21). The molecule has 2 aromatic carbocycles. The molecule has 0 aliphatic heterocycles. The number of aliphatic imine (C=N–C) groups is 2. The van der Waals surface area contributed by atoms with Crippen molar-refractivity contribution in [3.63, 3.8) is 0 Å². The van der Waals surface area contributed by atoms with Crippen LogP contribution >= 0.6 is 11.6 Å². The molecule has 2 rings (SSSR count). The summed E-state index contributed by atoms with van der Waals surface area (Å²) in [5.74, 6) is -0.591. The molecule has 0 bridgehead atoms. The van der Waals surface area contributed by atoms with Crippen molar-refractivity contribution in [3.05, 3.63) is 47.2 Å². The number of halogens is 2. The van der Waals surface area contributed by atoms with Crippen LogP contribution in [0, 0.1) is 5.82 Å². The number of hydrogen-bond donors (Lipinski definition) is 3. The molecule has 8 heteroatoms. The fourth-order valence-electron chi connectivity index (χ4n) is 1.86. The SMILES string of the molecule is NC(N)=NC(N)=Nc1cc([Si])c(-c2ccc(F)cc2)c(Cl)c1. The maximum absolute atomic E-state index is 13.0. The Labute approximate surface area is 135 Å². The van der Waals surface area contributed by atoms with Gasteiger partial charge in [-0.2, -0.15) is 4.99 Å². The second-order valence-electron chi connectivity index (χ2n) is 4.36. The largest absolute Gasteiger partial charge is 0.370 e. The van der Waals surface area contributed by atoms with Gasteiger partial charge in [-0.15, -0.1) is 0 Å². The first-order chi connectivity index (χ1) is 10.4. The van der Waals surface area contributed by atoms with Gasteiger partial charge in [0.1, 0.15) is 5.82 Å². The van der Waals surface area contributed by atoms with Gasteiger partial charge in [-0.1, -0.05) is 28.9 Å². The highest BCUT2D eigenvalue weighted by molar-refractivity contribution is 6.42. The molecule has 6 N–H and O–H groups in total. The minimum Gasteiger partial charge on any atom is -0.370 e.